The minimum absolute atomic E-state index is 0.575. The van der Waals surface area contributed by atoms with Crippen molar-refractivity contribution < 1.29 is 0 Å². The van der Waals surface area contributed by atoms with Gasteiger partial charge in [-0.25, -0.2) is 4.98 Å². The van der Waals surface area contributed by atoms with Gasteiger partial charge in [0.2, 0.25) is 0 Å². The lowest BCUT2D eigenvalue weighted by Crippen LogP contribution is -1.86. The molecule has 4 heteroatoms. The summed E-state index contributed by atoms with van der Waals surface area (Å²) < 4.78 is 0.575. The number of aryl methyl sites for hydroxylation is 1. The molecule has 0 amide bonds. The number of nitrogens with zero attached hydrogens (tertiary/aromatic N) is 2. The van der Waals surface area contributed by atoms with Crippen LogP contribution >= 0.6 is 12.2 Å². The smallest absolute Gasteiger partial charge is 0.138 e. The van der Waals surface area contributed by atoms with Crippen molar-refractivity contribution in [2.75, 3.05) is 0 Å². The normalized spacial score (nSPS) is 10.4. The van der Waals surface area contributed by atoms with Crippen molar-refractivity contribution in [3.63, 3.8) is 0 Å². The largest absolute Gasteiger partial charge is 0.329 e. The molecule has 0 saturated carbocycles. The first-order chi connectivity index (χ1) is 6.72. The number of hydrogen-bond donors (Lipinski definition) is 1. The molecule has 0 saturated heterocycles. The summed E-state index contributed by atoms with van der Waals surface area (Å²) in [5, 5.41) is 1.03. The van der Waals surface area contributed by atoms with Crippen molar-refractivity contribution in [2.45, 2.75) is 6.92 Å². The molecule has 0 atom stereocenters. The van der Waals surface area contributed by atoms with E-state index in [1.807, 2.05) is 19.1 Å². The van der Waals surface area contributed by atoms with Crippen LogP contribution in [0.4, 0.5) is 5.69 Å². The molecule has 70 valence electrons. The van der Waals surface area contributed by atoms with Gasteiger partial charge < -0.3 is 4.98 Å². The Hall–Kier alpha value is -1.55. The predicted octanol–water partition coefficient (Wildman–Crippen LogP) is 2.93. The second-order valence-electron chi connectivity index (χ2n) is 3.03. The highest BCUT2D eigenvalue weighted by Gasteiger charge is 2.00. The molecule has 14 heavy (non-hydrogen) atoms. The van der Waals surface area contributed by atoms with E-state index in [-0.39, 0.29) is 0 Å². The molecule has 1 N–H and O–H groups in total. The van der Waals surface area contributed by atoms with Gasteiger partial charge in [0.15, 0.2) is 0 Å². The number of aromatic amines is 1. The van der Waals surface area contributed by atoms with Gasteiger partial charge in [-0.05, 0) is 31.3 Å². The number of pyridine rings is 2. The maximum atomic E-state index is 5.09. The zero-order valence-corrected chi connectivity index (χ0v) is 8.56. The fraction of sp³-hybridized carbons (Fsp3) is 0.100. The first-order valence-corrected chi connectivity index (χ1v) is 4.58. The lowest BCUT2D eigenvalue weighted by Gasteiger charge is -2.02. The Morgan fingerprint density at radius 2 is 2.36 bits per heavy atom. The fourth-order valence-electron chi connectivity index (χ4n) is 1.34. The number of rotatable bonds is 1. The average molecular weight is 203 g/mol. The molecule has 2 aromatic heterocycles. The summed E-state index contributed by atoms with van der Waals surface area (Å²) in [7, 11) is 0. The van der Waals surface area contributed by atoms with Crippen LogP contribution in [0.15, 0.2) is 23.3 Å². The first-order valence-electron chi connectivity index (χ1n) is 4.18. The molecule has 0 aromatic carbocycles. The first kappa shape index (κ1) is 9.02. The van der Waals surface area contributed by atoms with Crippen LogP contribution < -0.4 is 0 Å². The van der Waals surface area contributed by atoms with E-state index >= 15 is 0 Å². The van der Waals surface area contributed by atoms with Gasteiger partial charge in [-0.2, -0.15) is 0 Å². The third kappa shape index (κ3) is 1.33. The van der Waals surface area contributed by atoms with E-state index in [2.05, 4.69) is 21.7 Å². The van der Waals surface area contributed by atoms with Gasteiger partial charge in [-0.15, -0.1) is 0 Å². The van der Waals surface area contributed by atoms with Gasteiger partial charge in [0, 0.05) is 11.6 Å². The molecule has 0 unspecified atom stereocenters. The van der Waals surface area contributed by atoms with E-state index in [1.54, 1.807) is 6.20 Å². The van der Waals surface area contributed by atoms with Gasteiger partial charge in [-0.1, -0.05) is 12.2 Å². The van der Waals surface area contributed by atoms with Crippen molar-refractivity contribution in [2.24, 2.45) is 4.99 Å². The fourth-order valence-corrected chi connectivity index (χ4v) is 1.56. The van der Waals surface area contributed by atoms with Crippen LogP contribution in [0.1, 0.15) is 5.56 Å². The number of hydrogen-bond acceptors (Lipinski definition) is 3. The van der Waals surface area contributed by atoms with E-state index in [0.29, 0.717) is 10.3 Å². The summed E-state index contributed by atoms with van der Waals surface area (Å²) in [4.78, 5) is 11.1. The lowest BCUT2D eigenvalue weighted by atomic mass is 10.2. The summed E-state index contributed by atoms with van der Waals surface area (Å²) in [6.45, 7) is 5.49. The maximum absolute atomic E-state index is 5.09. The van der Waals surface area contributed by atoms with Crippen molar-refractivity contribution in [1.29, 1.82) is 0 Å². The number of fused-ring (bicyclic) bond motifs is 1. The molecule has 2 aromatic rings. The molecule has 0 radical (unpaired) electrons. The van der Waals surface area contributed by atoms with Crippen LogP contribution in [-0.4, -0.2) is 16.7 Å². The minimum Gasteiger partial charge on any atom is -0.329 e. The Morgan fingerprint density at radius 3 is 3.07 bits per heavy atom. The Bertz CT molecular complexity index is 557. The molecule has 0 aliphatic carbocycles. The SMILES string of the molecule is C=Nc1cc2c(C)ccnc2[nH]c1=S. The quantitative estimate of drug-likeness (QED) is 0.572. The summed E-state index contributed by atoms with van der Waals surface area (Å²) in [5.74, 6) is 0. The van der Waals surface area contributed by atoms with Crippen molar-refractivity contribution >= 4 is 35.7 Å². The monoisotopic (exact) mass is 203 g/mol. The topological polar surface area (TPSA) is 41.0 Å². The highest BCUT2D eigenvalue weighted by atomic mass is 32.1. The van der Waals surface area contributed by atoms with Crippen LogP contribution in [0.5, 0.6) is 0 Å². The van der Waals surface area contributed by atoms with E-state index in [9.17, 15) is 0 Å². The Morgan fingerprint density at radius 1 is 1.57 bits per heavy atom. The molecule has 0 spiro atoms. The standard InChI is InChI=1S/C10H9N3S/c1-6-3-4-12-9-7(6)5-8(11-2)10(14)13-9/h3-5H,2H2,1H3,(H,12,13,14). The molecule has 2 rings (SSSR count). The molecule has 0 fully saturated rings. The Kier molecular flexibility index (Phi) is 2.13. The summed E-state index contributed by atoms with van der Waals surface area (Å²) in [6.07, 6.45) is 1.75. The highest BCUT2D eigenvalue weighted by molar-refractivity contribution is 7.71. The average Bonchev–Trinajstić information content (AvgIpc) is 2.17. The Labute approximate surface area is 86.5 Å². The molecule has 0 aliphatic heterocycles. The van der Waals surface area contributed by atoms with E-state index < -0.39 is 0 Å². The van der Waals surface area contributed by atoms with Gasteiger partial charge in [-0.3, -0.25) is 4.99 Å². The molecular formula is C10H9N3S. The predicted molar refractivity (Wildman–Crippen MR) is 60.9 cm³/mol. The number of aromatic nitrogens is 2. The van der Waals surface area contributed by atoms with Crippen molar-refractivity contribution in [3.05, 3.63) is 28.5 Å². The van der Waals surface area contributed by atoms with Crippen LogP contribution in [0.25, 0.3) is 11.0 Å². The maximum Gasteiger partial charge on any atom is 0.138 e. The summed E-state index contributed by atoms with van der Waals surface area (Å²) in [6, 6.07) is 3.86. The van der Waals surface area contributed by atoms with Crippen LogP contribution in [-0.2, 0) is 0 Å². The molecule has 3 nitrogen and oxygen atoms in total. The molecular weight excluding hydrogens is 194 g/mol. The third-order valence-corrected chi connectivity index (χ3v) is 2.44. The number of nitrogens with one attached hydrogen (secondary N) is 1. The van der Waals surface area contributed by atoms with Gasteiger partial charge in [0.25, 0.3) is 0 Å². The Balaban J connectivity index is 2.94. The zero-order valence-electron chi connectivity index (χ0n) is 7.74. The molecule has 0 bridgehead atoms. The number of H-pyrrole nitrogens is 1. The number of aliphatic imine (C=N–C) groups is 1. The van der Waals surface area contributed by atoms with Gasteiger partial charge in [0.1, 0.15) is 10.3 Å². The van der Waals surface area contributed by atoms with E-state index in [4.69, 9.17) is 12.2 Å². The third-order valence-electron chi connectivity index (χ3n) is 2.12. The minimum atomic E-state index is 0.575. The summed E-state index contributed by atoms with van der Waals surface area (Å²) in [5.41, 5.74) is 2.64. The molecule has 0 aliphatic rings. The van der Waals surface area contributed by atoms with Gasteiger partial charge in [0.05, 0.1) is 5.69 Å². The van der Waals surface area contributed by atoms with E-state index in [1.165, 1.54) is 0 Å². The second kappa shape index (κ2) is 3.31. The van der Waals surface area contributed by atoms with Gasteiger partial charge >= 0.3 is 0 Å². The second-order valence-corrected chi connectivity index (χ2v) is 3.44. The highest BCUT2D eigenvalue weighted by Crippen LogP contribution is 2.21. The van der Waals surface area contributed by atoms with Crippen LogP contribution in [0.3, 0.4) is 0 Å². The van der Waals surface area contributed by atoms with E-state index in [0.717, 1.165) is 16.6 Å². The van der Waals surface area contributed by atoms with Crippen LogP contribution in [0, 0.1) is 11.6 Å². The summed E-state index contributed by atoms with van der Waals surface area (Å²) >= 11 is 5.09. The lowest BCUT2D eigenvalue weighted by molar-refractivity contribution is 1.25. The van der Waals surface area contributed by atoms with Crippen LogP contribution in [0.2, 0.25) is 0 Å². The van der Waals surface area contributed by atoms with Crippen molar-refractivity contribution in [1.82, 2.24) is 9.97 Å². The molecule has 2 heterocycles. The zero-order chi connectivity index (χ0) is 10.1. The van der Waals surface area contributed by atoms with Crippen molar-refractivity contribution in [3.8, 4) is 0 Å².